The molecule has 0 fully saturated rings. The molecule has 20 heavy (non-hydrogen) atoms. The minimum Gasteiger partial charge on any atom is -0.355 e. The highest BCUT2D eigenvalue weighted by molar-refractivity contribution is 5.62. The summed E-state index contributed by atoms with van der Waals surface area (Å²) in [4.78, 5) is 0. The summed E-state index contributed by atoms with van der Waals surface area (Å²) in [6.07, 6.45) is 5.56. The average Bonchev–Trinajstić information content (AvgIpc) is 2.33. The van der Waals surface area contributed by atoms with E-state index >= 15 is 0 Å². The highest BCUT2D eigenvalue weighted by Gasteiger charge is 2.05. The molecule has 0 radical (unpaired) electrons. The maximum absolute atomic E-state index is 3.61. The normalized spacial score (nSPS) is 13.0. The third-order valence-corrected chi connectivity index (χ3v) is 3.66. The molecule has 0 amide bonds. The Morgan fingerprint density at radius 3 is 2.15 bits per heavy atom. The van der Waals surface area contributed by atoms with Crippen LogP contribution in [-0.2, 0) is 0 Å². The zero-order valence-electron chi connectivity index (χ0n) is 14.1. The molecule has 0 heterocycles. The minimum absolute atomic E-state index is 0.581. The molecule has 0 aromatic heterocycles. The van der Waals surface area contributed by atoms with E-state index in [9.17, 15) is 0 Å². The van der Waals surface area contributed by atoms with Crippen molar-refractivity contribution in [1.82, 2.24) is 0 Å². The zero-order valence-corrected chi connectivity index (χ0v) is 14.1. The lowest BCUT2D eigenvalue weighted by atomic mass is 10.0. The fourth-order valence-corrected chi connectivity index (χ4v) is 2.30. The maximum atomic E-state index is 3.61. The molecular weight excluding hydrogens is 242 g/mol. The van der Waals surface area contributed by atoms with E-state index in [0.29, 0.717) is 5.92 Å². The molecule has 1 aromatic rings. The van der Waals surface area contributed by atoms with Gasteiger partial charge in [-0.2, -0.15) is 0 Å². The second-order valence-corrected chi connectivity index (χ2v) is 6.01. The number of nitrogens with one attached hydrogen (secondary N) is 1. The third-order valence-electron chi connectivity index (χ3n) is 3.66. The van der Waals surface area contributed by atoms with Crippen molar-refractivity contribution in [1.29, 1.82) is 0 Å². The van der Waals surface area contributed by atoms with Crippen LogP contribution in [0.3, 0.4) is 0 Å². The first kappa shape index (κ1) is 16.6. The summed E-state index contributed by atoms with van der Waals surface area (Å²) >= 11 is 0. The lowest BCUT2D eigenvalue weighted by Crippen LogP contribution is -2.03. The zero-order chi connectivity index (χ0) is 15.3. The lowest BCUT2D eigenvalue weighted by Gasteiger charge is -2.16. The Kier molecular flexibility index (Phi) is 6.06. The summed E-state index contributed by atoms with van der Waals surface area (Å²) in [6.45, 7) is 15.3. The van der Waals surface area contributed by atoms with Gasteiger partial charge in [0, 0.05) is 11.4 Å². The summed E-state index contributed by atoms with van der Waals surface area (Å²) in [7, 11) is 0. The van der Waals surface area contributed by atoms with Gasteiger partial charge < -0.3 is 5.32 Å². The maximum Gasteiger partial charge on any atom is 0.0443 e. The van der Waals surface area contributed by atoms with E-state index < -0.39 is 0 Å². The Morgan fingerprint density at radius 1 is 1.15 bits per heavy atom. The lowest BCUT2D eigenvalue weighted by molar-refractivity contribution is 0.768. The number of benzene rings is 1. The van der Waals surface area contributed by atoms with Crippen LogP contribution in [0.5, 0.6) is 0 Å². The van der Waals surface area contributed by atoms with Crippen molar-refractivity contribution in [3.63, 3.8) is 0 Å². The van der Waals surface area contributed by atoms with E-state index in [4.69, 9.17) is 0 Å². The summed E-state index contributed by atoms with van der Waals surface area (Å²) in [5.74, 6) is 0.581. The van der Waals surface area contributed by atoms with E-state index in [0.717, 1.165) is 6.42 Å². The first-order valence-corrected chi connectivity index (χ1v) is 7.58. The smallest absolute Gasteiger partial charge is 0.0443 e. The van der Waals surface area contributed by atoms with Crippen molar-refractivity contribution in [2.75, 3.05) is 5.32 Å². The molecule has 0 saturated heterocycles. The number of aryl methyl sites for hydroxylation is 3. The Hall–Kier alpha value is -1.50. The van der Waals surface area contributed by atoms with Crippen LogP contribution in [0.25, 0.3) is 0 Å². The van der Waals surface area contributed by atoms with Crippen LogP contribution in [0.15, 0.2) is 35.6 Å². The largest absolute Gasteiger partial charge is 0.355 e. The van der Waals surface area contributed by atoms with Gasteiger partial charge in [-0.1, -0.05) is 50.1 Å². The van der Waals surface area contributed by atoms with Gasteiger partial charge >= 0.3 is 0 Å². The van der Waals surface area contributed by atoms with Gasteiger partial charge in [0.05, 0.1) is 0 Å². The molecule has 0 unspecified atom stereocenters. The Balaban J connectivity index is 3.10. The second-order valence-electron chi connectivity index (χ2n) is 6.01. The molecular formula is C19H29N. The summed E-state index contributed by atoms with van der Waals surface area (Å²) in [5, 5.41) is 3.61. The number of hydrogen-bond donors (Lipinski definition) is 1. The summed E-state index contributed by atoms with van der Waals surface area (Å²) in [6, 6.07) is 4.47. The average molecular weight is 271 g/mol. The Bertz CT molecular complexity index is 496. The van der Waals surface area contributed by atoms with Crippen LogP contribution in [0.1, 0.15) is 50.8 Å². The van der Waals surface area contributed by atoms with Gasteiger partial charge in [-0.15, -0.1) is 0 Å². The third kappa shape index (κ3) is 4.56. The molecule has 0 aliphatic rings. The van der Waals surface area contributed by atoms with Crippen LogP contribution >= 0.6 is 0 Å². The monoisotopic (exact) mass is 271 g/mol. The van der Waals surface area contributed by atoms with Crippen LogP contribution in [0.2, 0.25) is 0 Å². The van der Waals surface area contributed by atoms with Gasteiger partial charge in [0.25, 0.3) is 0 Å². The first-order chi connectivity index (χ1) is 9.35. The standard InChI is InChI=1S/C19H29N/c1-8-9-18(12-15(5)13(2)3)20-19-16(6)10-14(4)11-17(19)7/h9-13,20H,8H2,1-7H3/b15-12-,18-9+. The van der Waals surface area contributed by atoms with Crippen molar-refractivity contribution in [2.45, 2.75) is 54.9 Å². The van der Waals surface area contributed by atoms with Gasteiger partial charge in [0.1, 0.15) is 0 Å². The van der Waals surface area contributed by atoms with Gasteiger partial charge in [-0.25, -0.2) is 0 Å². The van der Waals surface area contributed by atoms with E-state index in [1.165, 1.54) is 33.6 Å². The van der Waals surface area contributed by atoms with Crippen molar-refractivity contribution in [2.24, 2.45) is 5.92 Å². The molecule has 0 atom stereocenters. The van der Waals surface area contributed by atoms with Crippen LogP contribution < -0.4 is 5.32 Å². The number of hydrogen-bond acceptors (Lipinski definition) is 1. The highest BCUT2D eigenvalue weighted by Crippen LogP contribution is 2.24. The van der Waals surface area contributed by atoms with Crippen molar-refractivity contribution >= 4 is 5.69 Å². The highest BCUT2D eigenvalue weighted by atomic mass is 14.9. The molecule has 0 aliphatic heterocycles. The van der Waals surface area contributed by atoms with Crippen molar-refractivity contribution in [3.8, 4) is 0 Å². The quantitative estimate of drug-likeness (QED) is 0.655. The molecule has 1 rings (SSSR count). The minimum atomic E-state index is 0.581. The van der Waals surface area contributed by atoms with Gasteiger partial charge in [0.15, 0.2) is 0 Å². The van der Waals surface area contributed by atoms with Gasteiger partial charge in [-0.05, 0) is 57.2 Å². The van der Waals surface area contributed by atoms with Crippen LogP contribution in [-0.4, -0.2) is 0 Å². The van der Waals surface area contributed by atoms with Gasteiger partial charge in [0.2, 0.25) is 0 Å². The Labute approximate surface area is 124 Å². The van der Waals surface area contributed by atoms with E-state index in [1.807, 2.05) is 0 Å². The second kappa shape index (κ2) is 7.33. The predicted molar refractivity (Wildman–Crippen MR) is 91.2 cm³/mol. The molecule has 0 aliphatic carbocycles. The Morgan fingerprint density at radius 2 is 1.70 bits per heavy atom. The van der Waals surface area contributed by atoms with E-state index in [1.54, 1.807) is 0 Å². The molecule has 0 saturated carbocycles. The fraction of sp³-hybridized carbons (Fsp3) is 0.474. The fourth-order valence-electron chi connectivity index (χ4n) is 2.30. The van der Waals surface area contributed by atoms with Crippen molar-refractivity contribution in [3.05, 3.63) is 52.2 Å². The molecule has 1 N–H and O–H groups in total. The molecule has 0 bridgehead atoms. The van der Waals surface area contributed by atoms with E-state index in [-0.39, 0.29) is 0 Å². The molecule has 1 aromatic carbocycles. The molecule has 110 valence electrons. The molecule has 1 heteroatoms. The number of anilines is 1. The first-order valence-electron chi connectivity index (χ1n) is 7.58. The molecule has 0 spiro atoms. The van der Waals surface area contributed by atoms with Crippen molar-refractivity contribution < 1.29 is 0 Å². The summed E-state index contributed by atoms with van der Waals surface area (Å²) in [5.41, 5.74) is 7.78. The predicted octanol–water partition coefficient (Wildman–Crippen LogP) is 5.92. The molecule has 1 nitrogen and oxygen atoms in total. The SMILES string of the molecule is CC/C=C(\C=C(\C)C(C)C)Nc1c(C)cc(C)cc1C. The number of allylic oxidation sites excluding steroid dienone is 3. The number of rotatable bonds is 5. The van der Waals surface area contributed by atoms with E-state index in [2.05, 4.69) is 78.1 Å². The van der Waals surface area contributed by atoms with Gasteiger partial charge in [-0.3, -0.25) is 0 Å². The van der Waals surface area contributed by atoms with Crippen LogP contribution in [0.4, 0.5) is 5.69 Å². The topological polar surface area (TPSA) is 12.0 Å². The van der Waals surface area contributed by atoms with Crippen LogP contribution in [0, 0.1) is 26.7 Å². The summed E-state index contributed by atoms with van der Waals surface area (Å²) < 4.78 is 0.